The van der Waals surface area contributed by atoms with Crippen molar-refractivity contribution in [1.29, 1.82) is 0 Å². The lowest BCUT2D eigenvalue weighted by atomic mass is 10.1. The van der Waals surface area contributed by atoms with Crippen molar-refractivity contribution >= 4 is 22.0 Å². The van der Waals surface area contributed by atoms with Crippen LogP contribution in [-0.4, -0.2) is 33.7 Å². The Hall–Kier alpha value is -1.73. The molecule has 0 radical (unpaired) electrons. The summed E-state index contributed by atoms with van der Waals surface area (Å²) in [6, 6.07) is 6.08. The molecule has 110 valence electrons. The minimum atomic E-state index is -3.35. The molecule has 0 aliphatic heterocycles. The van der Waals surface area contributed by atoms with Gasteiger partial charge in [-0.3, -0.25) is 4.79 Å². The fourth-order valence-corrected chi connectivity index (χ4v) is 2.01. The van der Waals surface area contributed by atoms with E-state index in [1.54, 1.807) is 18.2 Å². The summed E-state index contributed by atoms with van der Waals surface area (Å²) >= 11 is 0. The predicted molar refractivity (Wildman–Crippen MR) is 75.9 cm³/mol. The minimum Gasteiger partial charge on any atom is -0.351 e. The number of nitrogens with one attached hydrogen (secondary N) is 2. The molecular weight excluding hydrogens is 283 g/mol. The number of hydrogen-bond acceptors (Lipinski definition) is 3. The number of hydrogen-bond donors (Lipinski definition) is 2. The van der Waals surface area contributed by atoms with E-state index >= 15 is 0 Å². The molecule has 0 saturated heterocycles. The second kappa shape index (κ2) is 7.16. The molecule has 1 amide bonds. The van der Waals surface area contributed by atoms with Crippen LogP contribution in [0.1, 0.15) is 12.5 Å². The zero-order valence-corrected chi connectivity index (χ0v) is 12.1. The first-order valence-corrected chi connectivity index (χ1v) is 7.63. The predicted octanol–water partition coefficient (Wildman–Crippen LogP) is 0.894. The zero-order chi connectivity index (χ0) is 15.2. The number of sulfonamides is 1. The molecule has 0 atom stereocenters. The van der Waals surface area contributed by atoms with Gasteiger partial charge in [0.05, 0.1) is 5.75 Å². The fourth-order valence-electron chi connectivity index (χ4n) is 1.43. The second-order valence-electron chi connectivity index (χ2n) is 4.13. The summed E-state index contributed by atoms with van der Waals surface area (Å²) in [7, 11) is -2.04. The lowest BCUT2D eigenvalue weighted by molar-refractivity contribution is -0.117. The van der Waals surface area contributed by atoms with E-state index in [4.69, 9.17) is 0 Å². The molecule has 0 aliphatic rings. The second-order valence-corrected chi connectivity index (χ2v) is 6.17. The summed E-state index contributed by atoms with van der Waals surface area (Å²) in [6.07, 6.45) is 1.41. The maximum Gasteiger partial charge on any atom is 0.246 e. The van der Waals surface area contributed by atoms with Crippen molar-refractivity contribution in [1.82, 2.24) is 10.0 Å². The van der Waals surface area contributed by atoms with Gasteiger partial charge in [0.15, 0.2) is 0 Å². The van der Waals surface area contributed by atoms with Crippen LogP contribution in [0.25, 0.3) is 6.08 Å². The first kappa shape index (κ1) is 16.3. The highest BCUT2D eigenvalue weighted by Gasteiger charge is 2.09. The molecular formula is C13H17FN2O3S. The Labute approximate surface area is 117 Å². The SMILES string of the molecule is CNS(=O)(=O)CCNC(=O)/C(C)=C/c1ccccc1F. The van der Waals surface area contributed by atoms with E-state index in [1.165, 1.54) is 26.1 Å². The lowest BCUT2D eigenvalue weighted by Gasteiger charge is -2.06. The van der Waals surface area contributed by atoms with Gasteiger partial charge in [-0.1, -0.05) is 18.2 Å². The van der Waals surface area contributed by atoms with Crippen LogP contribution in [0.4, 0.5) is 4.39 Å². The molecule has 0 aliphatic carbocycles. The Kier molecular flexibility index (Phi) is 5.84. The van der Waals surface area contributed by atoms with Crippen LogP contribution in [0.15, 0.2) is 29.8 Å². The van der Waals surface area contributed by atoms with Crippen molar-refractivity contribution in [2.45, 2.75) is 6.92 Å². The number of carbonyl (C=O) groups is 1. The normalized spacial score (nSPS) is 12.2. The van der Waals surface area contributed by atoms with Crippen LogP contribution in [-0.2, 0) is 14.8 Å². The first-order chi connectivity index (χ1) is 9.35. The van der Waals surface area contributed by atoms with Crippen molar-refractivity contribution in [2.24, 2.45) is 0 Å². The number of benzene rings is 1. The fraction of sp³-hybridized carbons (Fsp3) is 0.308. The monoisotopic (exact) mass is 300 g/mol. The molecule has 2 N–H and O–H groups in total. The van der Waals surface area contributed by atoms with Gasteiger partial charge < -0.3 is 5.32 Å². The third-order valence-electron chi connectivity index (χ3n) is 2.60. The van der Waals surface area contributed by atoms with E-state index in [1.807, 2.05) is 0 Å². The third kappa shape index (κ3) is 5.10. The summed E-state index contributed by atoms with van der Waals surface area (Å²) in [6.45, 7) is 1.53. The Balaban J connectivity index is 2.62. The molecule has 0 spiro atoms. The lowest BCUT2D eigenvalue weighted by Crippen LogP contribution is -2.33. The van der Waals surface area contributed by atoms with Crippen molar-refractivity contribution in [2.75, 3.05) is 19.3 Å². The van der Waals surface area contributed by atoms with Gasteiger partial charge in [-0.15, -0.1) is 0 Å². The van der Waals surface area contributed by atoms with Crippen molar-refractivity contribution in [3.05, 3.63) is 41.2 Å². The number of rotatable bonds is 6. The highest BCUT2D eigenvalue weighted by molar-refractivity contribution is 7.89. The van der Waals surface area contributed by atoms with Crippen molar-refractivity contribution in [3.8, 4) is 0 Å². The molecule has 1 rings (SSSR count). The van der Waals surface area contributed by atoms with Crippen molar-refractivity contribution in [3.63, 3.8) is 0 Å². The zero-order valence-electron chi connectivity index (χ0n) is 11.3. The van der Waals surface area contributed by atoms with Gasteiger partial charge in [0, 0.05) is 17.7 Å². The molecule has 1 aromatic carbocycles. The van der Waals surface area contributed by atoms with E-state index in [9.17, 15) is 17.6 Å². The first-order valence-electron chi connectivity index (χ1n) is 5.98. The molecule has 0 saturated carbocycles. The van der Waals surface area contributed by atoms with Crippen LogP contribution < -0.4 is 10.0 Å². The molecule has 0 aromatic heterocycles. The van der Waals surface area contributed by atoms with Crippen LogP contribution in [0.2, 0.25) is 0 Å². The highest BCUT2D eigenvalue weighted by atomic mass is 32.2. The molecule has 0 heterocycles. The number of carbonyl (C=O) groups excluding carboxylic acids is 1. The summed E-state index contributed by atoms with van der Waals surface area (Å²) in [4.78, 5) is 11.7. The van der Waals surface area contributed by atoms with Crippen LogP contribution in [0.5, 0.6) is 0 Å². The van der Waals surface area contributed by atoms with E-state index < -0.39 is 21.7 Å². The molecule has 0 fully saturated rings. The maximum absolute atomic E-state index is 13.4. The Morgan fingerprint density at radius 1 is 1.35 bits per heavy atom. The molecule has 1 aromatic rings. The third-order valence-corrected chi connectivity index (χ3v) is 3.97. The number of amides is 1. The summed E-state index contributed by atoms with van der Waals surface area (Å²) in [5, 5.41) is 2.46. The Morgan fingerprint density at radius 2 is 2.00 bits per heavy atom. The summed E-state index contributed by atoms with van der Waals surface area (Å²) < 4.78 is 37.9. The summed E-state index contributed by atoms with van der Waals surface area (Å²) in [5.74, 6) is -1.06. The number of halogens is 1. The molecule has 0 bridgehead atoms. The van der Waals surface area contributed by atoms with Crippen LogP contribution in [0.3, 0.4) is 0 Å². The average molecular weight is 300 g/mol. The molecule has 7 heteroatoms. The van der Waals surface area contributed by atoms with Gasteiger partial charge >= 0.3 is 0 Å². The molecule has 20 heavy (non-hydrogen) atoms. The Bertz CT molecular complexity index is 612. The minimum absolute atomic E-state index is 0.00947. The topological polar surface area (TPSA) is 75.3 Å². The van der Waals surface area contributed by atoms with E-state index in [2.05, 4.69) is 10.0 Å². The standard InChI is InChI=1S/C13H17FN2O3S/c1-10(9-11-5-3-4-6-12(11)14)13(17)16-7-8-20(18,19)15-2/h3-6,9,15H,7-8H2,1-2H3,(H,16,17)/b10-9+. The highest BCUT2D eigenvalue weighted by Crippen LogP contribution is 2.11. The van der Waals surface area contributed by atoms with E-state index in [0.717, 1.165) is 0 Å². The summed E-state index contributed by atoms with van der Waals surface area (Å²) in [5.41, 5.74) is 0.611. The van der Waals surface area contributed by atoms with Gasteiger partial charge in [-0.25, -0.2) is 17.5 Å². The van der Waals surface area contributed by atoms with Gasteiger partial charge in [-0.2, -0.15) is 0 Å². The van der Waals surface area contributed by atoms with Gasteiger partial charge in [0.25, 0.3) is 0 Å². The molecule has 0 unspecified atom stereocenters. The van der Waals surface area contributed by atoms with Crippen LogP contribution >= 0.6 is 0 Å². The Morgan fingerprint density at radius 3 is 2.60 bits per heavy atom. The van der Waals surface area contributed by atoms with Crippen molar-refractivity contribution < 1.29 is 17.6 Å². The van der Waals surface area contributed by atoms with Gasteiger partial charge in [-0.05, 0) is 26.1 Å². The quantitative estimate of drug-likeness (QED) is 0.766. The van der Waals surface area contributed by atoms with E-state index in [-0.39, 0.29) is 12.3 Å². The van der Waals surface area contributed by atoms with E-state index in [0.29, 0.717) is 11.1 Å². The van der Waals surface area contributed by atoms with Crippen LogP contribution in [0, 0.1) is 5.82 Å². The van der Waals surface area contributed by atoms with Gasteiger partial charge in [0.2, 0.25) is 15.9 Å². The smallest absolute Gasteiger partial charge is 0.246 e. The maximum atomic E-state index is 13.4. The largest absolute Gasteiger partial charge is 0.351 e. The van der Waals surface area contributed by atoms with Gasteiger partial charge in [0.1, 0.15) is 5.82 Å². The average Bonchev–Trinajstić information content (AvgIpc) is 2.41. The molecule has 5 nitrogen and oxygen atoms in total.